The van der Waals surface area contributed by atoms with Crippen molar-refractivity contribution in [3.05, 3.63) is 41.4 Å². The number of alkyl halides is 3. The van der Waals surface area contributed by atoms with E-state index in [9.17, 15) is 26.0 Å². The Hall–Kier alpha value is -2.14. The molecule has 0 bridgehead atoms. The summed E-state index contributed by atoms with van der Waals surface area (Å²) in [5, 5.41) is 0.237. The number of nitrogens with zero attached hydrogens (tertiary/aromatic N) is 2. The van der Waals surface area contributed by atoms with Crippen molar-refractivity contribution in [1.82, 2.24) is 9.97 Å². The standard InChI is InChI=1S/C11H6ClF4N3O3S/c12-6-4-17-10(18-5-6)22-7-1-2-9(8(13)3-7)19-23(20,21)11(14,15)16/h1-5,19H. The maximum Gasteiger partial charge on any atom is 0.516 e. The van der Waals surface area contributed by atoms with Gasteiger partial charge in [0.1, 0.15) is 5.75 Å². The number of hydrogen-bond acceptors (Lipinski definition) is 5. The van der Waals surface area contributed by atoms with Gasteiger partial charge in [0.25, 0.3) is 0 Å². The molecule has 2 aromatic rings. The van der Waals surface area contributed by atoms with Crippen LogP contribution in [0.25, 0.3) is 0 Å². The van der Waals surface area contributed by atoms with Crippen molar-refractivity contribution in [2.45, 2.75) is 5.51 Å². The van der Waals surface area contributed by atoms with Crippen LogP contribution in [0.5, 0.6) is 11.8 Å². The van der Waals surface area contributed by atoms with Crippen LogP contribution >= 0.6 is 11.6 Å². The SMILES string of the molecule is O=S(=O)(Nc1ccc(Oc2ncc(Cl)cn2)cc1F)C(F)(F)F. The monoisotopic (exact) mass is 371 g/mol. The van der Waals surface area contributed by atoms with Gasteiger partial charge in [-0.1, -0.05) is 11.6 Å². The number of sulfonamides is 1. The van der Waals surface area contributed by atoms with Crippen LogP contribution in [0.4, 0.5) is 23.2 Å². The molecule has 0 unspecified atom stereocenters. The molecule has 0 atom stereocenters. The second-order valence-electron chi connectivity index (χ2n) is 3.98. The third kappa shape index (κ3) is 4.20. The number of halogens is 5. The van der Waals surface area contributed by atoms with Crippen molar-refractivity contribution in [3.8, 4) is 11.8 Å². The summed E-state index contributed by atoms with van der Waals surface area (Å²) in [6.07, 6.45) is 2.43. The number of rotatable bonds is 4. The molecular weight excluding hydrogens is 366 g/mol. The van der Waals surface area contributed by atoms with Crippen molar-refractivity contribution in [2.75, 3.05) is 4.72 Å². The van der Waals surface area contributed by atoms with Crippen molar-refractivity contribution in [1.29, 1.82) is 0 Å². The fraction of sp³-hybridized carbons (Fsp3) is 0.0909. The summed E-state index contributed by atoms with van der Waals surface area (Å²) < 4.78 is 78.3. The minimum absolute atomic E-state index is 0.153. The van der Waals surface area contributed by atoms with Crippen LogP contribution in [0, 0.1) is 5.82 Å². The molecule has 0 aliphatic carbocycles. The first-order chi connectivity index (χ1) is 10.6. The lowest BCUT2D eigenvalue weighted by atomic mass is 10.3. The Morgan fingerprint density at radius 3 is 2.30 bits per heavy atom. The van der Waals surface area contributed by atoms with Crippen molar-refractivity contribution in [3.63, 3.8) is 0 Å². The second-order valence-corrected chi connectivity index (χ2v) is 6.09. The first-order valence-electron chi connectivity index (χ1n) is 5.62. The van der Waals surface area contributed by atoms with E-state index in [2.05, 4.69) is 9.97 Å². The summed E-state index contributed by atoms with van der Waals surface area (Å²) >= 11 is 5.56. The molecule has 12 heteroatoms. The first kappa shape index (κ1) is 17.2. The summed E-state index contributed by atoms with van der Waals surface area (Å²) in [7, 11) is -5.72. The lowest BCUT2D eigenvalue weighted by Gasteiger charge is -2.12. The van der Waals surface area contributed by atoms with Crippen LogP contribution in [0.2, 0.25) is 5.02 Å². The van der Waals surface area contributed by atoms with Gasteiger partial charge in [-0.3, -0.25) is 4.72 Å². The van der Waals surface area contributed by atoms with E-state index >= 15 is 0 Å². The minimum Gasteiger partial charge on any atom is -0.424 e. The summed E-state index contributed by atoms with van der Waals surface area (Å²) in [6, 6.07) is 2.29. The zero-order chi connectivity index (χ0) is 17.3. The Bertz CT molecular complexity index is 812. The van der Waals surface area contributed by atoms with Gasteiger partial charge in [-0.2, -0.15) is 21.6 Å². The molecule has 0 amide bonds. The number of nitrogens with one attached hydrogen (secondary N) is 1. The molecular formula is C11H6ClF4N3O3S. The number of aromatic nitrogens is 2. The summed E-state index contributed by atoms with van der Waals surface area (Å²) in [4.78, 5) is 7.34. The molecule has 23 heavy (non-hydrogen) atoms. The van der Waals surface area contributed by atoms with E-state index in [0.717, 1.165) is 16.9 Å². The van der Waals surface area contributed by atoms with Gasteiger partial charge in [0, 0.05) is 6.07 Å². The highest BCUT2D eigenvalue weighted by Crippen LogP contribution is 2.29. The molecule has 124 valence electrons. The highest BCUT2D eigenvalue weighted by molar-refractivity contribution is 7.93. The Balaban J connectivity index is 2.20. The molecule has 2 rings (SSSR count). The van der Waals surface area contributed by atoms with Crippen LogP contribution < -0.4 is 9.46 Å². The van der Waals surface area contributed by atoms with Crippen molar-refractivity contribution in [2.24, 2.45) is 0 Å². The quantitative estimate of drug-likeness (QED) is 0.834. The number of ether oxygens (including phenoxy) is 1. The fourth-order valence-corrected chi connectivity index (χ4v) is 1.97. The third-order valence-corrected chi connectivity index (χ3v) is 3.59. The number of anilines is 1. The topological polar surface area (TPSA) is 81.2 Å². The van der Waals surface area contributed by atoms with Crippen LogP contribution in [-0.4, -0.2) is 23.9 Å². The molecule has 0 aliphatic rings. The predicted octanol–water partition coefficient (Wildman–Crippen LogP) is 3.32. The lowest BCUT2D eigenvalue weighted by Crippen LogP contribution is -2.30. The van der Waals surface area contributed by atoms with E-state index in [1.54, 1.807) is 0 Å². The maximum atomic E-state index is 13.7. The number of hydrogen-bond donors (Lipinski definition) is 1. The van der Waals surface area contributed by atoms with Gasteiger partial charge in [-0.25, -0.2) is 14.4 Å². The van der Waals surface area contributed by atoms with E-state index in [1.807, 2.05) is 0 Å². The average Bonchev–Trinajstić information content (AvgIpc) is 2.43. The smallest absolute Gasteiger partial charge is 0.424 e. The van der Waals surface area contributed by atoms with Crippen LogP contribution in [0.1, 0.15) is 0 Å². The molecule has 0 spiro atoms. The number of benzene rings is 1. The van der Waals surface area contributed by atoms with Crippen molar-refractivity contribution >= 4 is 27.3 Å². The van der Waals surface area contributed by atoms with Gasteiger partial charge in [0.2, 0.25) is 0 Å². The van der Waals surface area contributed by atoms with Gasteiger partial charge in [-0.05, 0) is 12.1 Å². The van der Waals surface area contributed by atoms with Gasteiger partial charge in [0.15, 0.2) is 5.82 Å². The van der Waals surface area contributed by atoms with Gasteiger partial charge in [0.05, 0.1) is 23.1 Å². The lowest BCUT2D eigenvalue weighted by molar-refractivity contribution is -0.0429. The molecule has 1 heterocycles. The van der Waals surface area contributed by atoms with Crippen LogP contribution in [-0.2, 0) is 10.0 Å². The second kappa shape index (κ2) is 6.16. The van der Waals surface area contributed by atoms with Crippen LogP contribution in [0.15, 0.2) is 30.6 Å². The Labute approximate surface area is 132 Å². The molecule has 0 radical (unpaired) electrons. The molecule has 0 saturated heterocycles. The van der Waals surface area contributed by atoms with Gasteiger partial charge >= 0.3 is 21.5 Å². The molecule has 1 aromatic carbocycles. The fourth-order valence-electron chi connectivity index (χ4n) is 1.30. The van der Waals surface area contributed by atoms with E-state index in [-0.39, 0.29) is 16.8 Å². The van der Waals surface area contributed by atoms with Crippen molar-refractivity contribution < 1.29 is 30.7 Å². The van der Waals surface area contributed by atoms with E-state index in [1.165, 1.54) is 12.4 Å². The Morgan fingerprint density at radius 1 is 1.17 bits per heavy atom. The Morgan fingerprint density at radius 2 is 1.78 bits per heavy atom. The highest BCUT2D eigenvalue weighted by Gasteiger charge is 2.46. The van der Waals surface area contributed by atoms with E-state index in [4.69, 9.17) is 16.3 Å². The normalized spacial score (nSPS) is 12.0. The average molecular weight is 372 g/mol. The summed E-state index contributed by atoms with van der Waals surface area (Å²) in [6.45, 7) is 0. The molecule has 6 nitrogen and oxygen atoms in total. The molecule has 1 N–H and O–H groups in total. The Kier molecular flexibility index (Phi) is 4.61. The zero-order valence-corrected chi connectivity index (χ0v) is 12.4. The predicted molar refractivity (Wildman–Crippen MR) is 72.1 cm³/mol. The zero-order valence-electron chi connectivity index (χ0n) is 10.8. The third-order valence-electron chi connectivity index (χ3n) is 2.30. The largest absolute Gasteiger partial charge is 0.516 e. The molecule has 0 fully saturated rings. The molecule has 0 aliphatic heterocycles. The summed E-state index contributed by atoms with van der Waals surface area (Å²) in [5.41, 5.74) is -6.45. The van der Waals surface area contributed by atoms with E-state index in [0.29, 0.717) is 6.07 Å². The first-order valence-corrected chi connectivity index (χ1v) is 7.48. The molecule has 1 aromatic heterocycles. The molecule has 0 saturated carbocycles. The maximum absolute atomic E-state index is 13.7. The summed E-state index contributed by atoms with van der Waals surface area (Å²) in [5.74, 6) is -1.43. The van der Waals surface area contributed by atoms with Gasteiger partial charge < -0.3 is 4.74 Å². The highest BCUT2D eigenvalue weighted by atomic mass is 35.5. The van der Waals surface area contributed by atoms with E-state index < -0.39 is 27.0 Å². The van der Waals surface area contributed by atoms with Gasteiger partial charge in [-0.15, -0.1) is 0 Å². The van der Waals surface area contributed by atoms with Crippen LogP contribution in [0.3, 0.4) is 0 Å². The minimum atomic E-state index is -5.72.